The third kappa shape index (κ3) is 6.42. The molecule has 0 atom stereocenters. The van der Waals surface area contributed by atoms with Crippen LogP contribution in [0.3, 0.4) is 0 Å². The third-order valence-electron chi connectivity index (χ3n) is 18.9. The van der Waals surface area contributed by atoms with Crippen LogP contribution in [0, 0.1) is 0 Å². The van der Waals surface area contributed by atoms with Gasteiger partial charge in [0, 0.05) is 80.7 Å². The number of anilines is 3. The highest BCUT2D eigenvalue weighted by atomic mass is 32.2. The molecule has 0 radical (unpaired) electrons. The van der Waals surface area contributed by atoms with Crippen molar-refractivity contribution < 1.29 is 14.2 Å². The summed E-state index contributed by atoms with van der Waals surface area (Å²) in [5.41, 5.74) is 21.4. The Morgan fingerprint density at radius 3 is 1.34 bits per heavy atom. The molecule has 0 bridgehead atoms. The van der Waals surface area contributed by atoms with Gasteiger partial charge in [0.2, 0.25) is 0 Å². The molecule has 0 amide bonds. The highest BCUT2D eigenvalue weighted by Crippen LogP contribution is 2.65. The molecule has 11 aromatic rings. The highest BCUT2D eigenvalue weighted by Gasteiger charge is 2.50. The van der Waals surface area contributed by atoms with E-state index in [2.05, 4.69) is 247 Å². The van der Waals surface area contributed by atoms with Gasteiger partial charge in [-0.3, -0.25) is 0 Å². The average molecular weight is 1090 g/mol. The lowest BCUT2D eigenvalue weighted by molar-refractivity contribution is 0.360. The molecule has 6 heteroatoms. The van der Waals surface area contributed by atoms with Crippen molar-refractivity contribution in [3.05, 3.63) is 280 Å². The van der Waals surface area contributed by atoms with Gasteiger partial charge in [0.05, 0.1) is 5.41 Å². The molecular weight excluding hydrogens is 1040 g/mol. The molecule has 0 saturated heterocycles. The average Bonchev–Trinajstić information content (AvgIpc) is 3.43. The van der Waals surface area contributed by atoms with Gasteiger partial charge in [-0.2, -0.15) is 0 Å². The van der Waals surface area contributed by atoms with E-state index in [-0.39, 0.29) is 16.2 Å². The lowest BCUT2D eigenvalue weighted by Crippen LogP contribution is -2.34. The Morgan fingerprint density at radius 2 is 0.744 bits per heavy atom. The molecule has 0 fully saturated rings. The van der Waals surface area contributed by atoms with E-state index < -0.39 is 5.41 Å². The number of fused-ring (bicyclic) bond motifs is 18. The summed E-state index contributed by atoms with van der Waals surface area (Å²) in [6.45, 7) is 14.3. The monoisotopic (exact) mass is 1090 g/mol. The Bertz CT molecular complexity index is 4390. The van der Waals surface area contributed by atoms with Crippen molar-refractivity contribution in [3.8, 4) is 67.9 Å². The van der Waals surface area contributed by atoms with Crippen LogP contribution < -0.4 is 19.1 Å². The van der Waals surface area contributed by atoms with Gasteiger partial charge < -0.3 is 19.1 Å². The van der Waals surface area contributed by atoms with E-state index in [0.717, 1.165) is 79.4 Å². The molecule has 6 aliphatic rings. The van der Waals surface area contributed by atoms with Gasteiger partial charge in [-0.15, -0.1) is 0 Å². The van der Waals surface area contributed by atoms with Crippen molar-refractivity contribution in [3.63, 3.8) is 0 Å². The van der Waals surface area contributed by atoms with E-state index in [0.29, 0.717) is 0 Å². The van der Waals surface area contributed by atoms with Crippen LogP contribution in [0.15, 0.2) is 244 Å². The van der Waals surface area contributed by atoms with E-state index >= 15 is 0 Å². The SMILES string of the molecule is CC1(C)c2cc(N(c3ccc4c(c3)C(C)(C)c3ccc5c(c3-4)Oc3ccccc3C5(c3ccccc3)c3ccccc3)c3ccc4c(c3)C(C)(C)c3ccc5c(c3-4)Sc3ccccc3S5)ccc2-c2c1ccc1c2Oc2ccccc2O1. The number of nitrogens with zero attached hydrogens (tertiary/aromatic N) is 1. The number of ether oxygens (including phenoxy) is 3. The van der Waals surface area contributed by atoms with Gasteiger partial charge in [0.25, 0.3) is 0 Å². The van der Waals surface area contributed by atoms with Crippen LogP contribution in [0.5, 0.6) is 34.5 Å². The van der Waals surface area contributed by atoms with Crippen LogP contribution in [0.2, 0.25) is 0 Å². The fraction of sp³-hybridized carbons (Fsp3) is 0.132. The predicted molar refractivity (Wildman–Crippen MR) is 333 cm³/mol. The Morgan fingerprint density at radius 1 is 0.305 bits per heavy atom. The molecule has 3 aliphatic carbocycles. The zero-order valence-electron chi connectivity index (χ0n) is 46.4. The van der Waals surface area contributed by atoms with E-state index in [1.165, 1.54) is 80.8 Å². The summed E-state index contributed by atoms with van der Waals surface area (Å²) in [6.07, 6.45) is 0. The summed E-state index contributed by atoms with van der Waals surface area (Å²) in [7, 11) is 0. The summed E-state index contributed by atoms with van der Waals surface area (Å²) in [5, 5.41) is 0. The van der Waals surface area contributed by atoms with Gasteiger partial charge >= 0.3 is 0 Å². The summed E-state index contributed by atoms with van der Waals surface area (Å²) in [4.78, 5) is 7.83. The maximum Gasteiger partial charge on any atom is 0.178 e. The van der Waals surface area contributed by atoms with Crippen molar-refractivity contribution >= 4 is 40.6 Å². The van der Waals surface area contributed by atoms with Crippen LogP contribution in [0.4, 0.5) is 17.1 Å². The number of hydrogen-bond acceptors (Lipinski definition) is 6. The largest absolute Gasteiger partial charge is 0.456 e. The molecule has 0 saturated carbocycles. The maximum absolute atomic E-state index is 7.34. The van der Waals surface area contributed by atoms with Crippen LogP contribution >= 0.6 is 23.5 Å². The first-order valence-corrected chi connectivity index (χ1v) is 30.1. The van der Waals surface area contributed by atoms with Crippen molar-refractivity contribution in [1.29, 1.82) is 0 Å². The van der Waals surface area contributed by atoms with E-state index in [1.807, 2.05) is 47.8 Å². The summed E-state index contributed by atoms with van der Waals surface area (Å²) < 4.78 is 20.6. The van der Waals surface area contributed by atoms with Crippen LogP contribution in [0.25, 0.3) is 33.4 Å². The van der Waals surface area contributed by atoms with Crippen LogP contribution in [0.1, 0.15) is 97.2 Å². The zero-order valence-corrected chi connectivity index (χ0v) is 48.0. The molecule has 3 heterocycles. The normalized spacial score (nSPS) is 16.3. The van der Waals surface area contributed by atoms with Crippen molar-refractivity contribution in [2.24, 2.45) is 0 Å². The van der Waals surface area contributed by atoms with E-state index in [1.54, 1.807) is 0 Å². The van der Waals surface area contributed by atoms with Gasteiger partial charge in [0.15, 0.2) is 23.0 Å². The van der Waals surface area contributed by atoms with Crippen molar-refractivity contribution in [2.75, 3.05) is 4.90 Å². The summed E-state index contributed by atoms with van der Waals surface area (Å²) in [6, 6.07) is 82.8. The lowest BCUT2D eigenvalue weighted by atomic mass is 9.63. The van der Waals surface area contributed by atoms with E-state index in [4.69, 9.17) is 14.2 Å². The number of hydrogen-bond donors (Lipinski definition) is 0. The first-order valence-electron chi connectivity index (χ1n) is 28.5. The standard InChI is InChI=1S/C76H55NO3S2/c1-73(2)53-35-36-56-70(79-60-24-14-13-23-52(60)76(56,44-19-9-7-10-20-44)45-21-11-8-12-22-45)67(53)49-32-29-46(41-57(49)73)77(47-30-33-50-58(42-47)74(3,4)54-37-39-63-71(68(50)54)80-62-26-16-15-25-61(62)78-63)48-31-34-51-59(43-48)75(5,6)55-38-40-66-72(69(51)55)82-65-28-18-17-27-64(65)81-66/h7-43H,1-6H3. The smallest absolute Gasteiger partial charge is 0.178 e. The van der Waals surface area contributed by atoms with Crippen LogP contribution in [-0.2, 0) is 21.7 Å². The lowest BCUT2D eigenvalue weighted by Gasteiger charge is -2.42. The van der Waals surface area contributed by atoms with E-state index in [9.17, 15) is 0 Å². The Balaban J connectivity index is 0.856. The van der Waals surface area contributed by atoms with Crippen LogP contribution in [-0.4, -0.2) is 0 Å². The Kier molecular flexibility index (Phi) is 9.94. The second kappa shape index (κ2) is 16.9. The molecule has 0 unspecified atom stereocenters. The fourth-order valence-electron chi connectivity index (χ4n) is 14.9. The number of para-hydroxylation sites is 3. The maximum atomic E-state index is 7.34. The van der Waals surface area contributed by atoms with Gasteiger partial charge in [-0.05, 0) is 140 Å². The molecule has 394 valence electrons. The fourth-order valence-corrected chi connectivity index (χ4v) is 17.3. The molecule has 0 N–H and O–H groups in total. The minimum Gasteiger partial charge on any atom is -0.456 e. The topological polar surface area (TPSA) is 30.9 Å². The van der Waals surface area contributed by atoms with Crippen molar-refractivity contribution in [2.45, 2.75) is 82.8 Å². The first kappa shape index (κ1) is 48.1. The molecule has 0 aromatic heterocycles. The minimum atomic E-state index is -0.627. The zero-order chi connectivity index (χ0) is 55.0. The predicted octanol–water partition coefficient (Wildman–Crippen LogP) is 21.1. The molecule has 11 aromatic carbocycles. The molecule has 17 rings (SSSR count). The highest BCUT2D eigenvalue weighted by molar-refractivity contribution is 8.05. The van der Waals surface area contributed by atoms with Gasteiger partial charge in [-0.25, -0.2) is 0 Å². The number of benzene rings is 11. The molecular formula is C76H55NO3S2. The second-order valence-electron chi connectivity index (χ2n) is 24.3. The molecule has 82 heavy (non-hydrogen) atoms. The van der Waals surface area contributed by atoms with Gasteiger partial charge in [-0.1, -0.05) is 211 Å². The molecule has 3 aliphatic heterocycles. The quantitative estimate of drug-likeness (QED) is 0.171. The minimum absolute atomic E-state index is 0.251. The Hall–Kier alpha value is -8.68. The first-order chi connectivity index (χ1) is 39.9. The van der Waals surface area contributed by atoms with Crippen molar-refractivity contribution in [1.82, 2.24) is 0 Å². The summed E-state index contributed by atoms with van der Waals surface area (Å²) >= 11 is 3.81. The van der Waals surface area contributed by atoms with Gasteiger partial charge in [0.1, 0.15) is 11.5 Å². The second-order valence-corrected chi connectivity index (χ2v) is 26.4. The summed E-state index contributed by atoms with van der Waals surface area (Å²) in [5.74, 6) is 4.76. The molecule has 0 spiro atoms. The third-order valence-corrected chi connectivity index (χ3v) is 21.5. The number of rotatable bonds is 5. The Labute approximate surface area is 487 Å². The molecule has 4 nitrogen and oxygen atoms in total.